The van der Waals surface area contributed by atoms with Crippen LogP contribution >= 0.6 is 0 Å². The Morgan fingerprint density at radius 1 is 1.35 bits per heavy atom. The predicted octanol–water partition coefficient (Wildman–Crippen LogP) is 2.05. The van der Waals surface area contributed by atoms with Crippen LogP contribution in [-0.4, -0.2) is 30.5 Å². The molecule has 0 saturated heterocycles. The van der Waals surface area contributed by atoms with Gasteiger partial charge in [0, 0.05) is 37.6 Å². The molecule has 0 bridgehead atoms. The van der Waals surface area contributed by atoms with Crippen LogP contribution in [0.3, 0.4) is 0 Å². The van der Waals surface area contributed by atoms with Crippen molar-refractivity contribution in [3.63, 3.8) is 0 Å². The Hall–Kier alpha value is -2.01. The molecule has 0 aliphatic heterocycles. The molecular weight excluding hydrogens is 252 g/mol. The van der Waals surface area contributed by atoms with E-state index in [1.807, 2.05) is 42.2 Å². The molecule has 0 radical (unpaired) electrons. The summed E-state index contributed by atoms with van der Waals surface area (Å²) in [6.45, 7) is 3.48. The van der Waals surface area contributed by atoms with Crippen molar-refractivity contribution >= 4 is 5.69 Å². The third kappa shape index (κ3) is 2.93. The topological polar surface area (TPSA) is 56.3 Å². The van der Waals surface area contributed by atoms with Crippen molar-refractivity contribution in [2.45, 2.75) is 19.5 Å². The zero-order valence-corrected chi connectivity index (χ0v) is 12.3. The molecule has 0 aliphatic carbocycles. The minimum atomic E-state index is 0.115. The fraction of sp³-hybridized carbons (Fsp3) is 0.400. The summed E-state index contributed by atoms with van der Waals surface area (Å²) in [4.78, 5) is 2.16. The van der Waals surface area contributed by atoms with Gasteiger partial charge in [-0.05, 0) is 31.2 Å². The number of aryl methyl sites for hydroxylation is 1. The van der Waals surface area contributed by atoms with Crippen molar-refractivity contribution in [1.29, 1.82) is 0 Å². The normalized spacial score (nSPS) is 12.2. The van der Waals surface area contributed by atoms with E-state index >= 15 is 0 Å². The van der Waals surface area contributed by atoms with Crippen molar-refractivity contribution in [3.05, 3.63) is 42.2 Å². The van der Waals surface area contributed by atoms with Gasteiger partial charge in [-0.3, -0.25) is 4.68 Å². The zero-order chi connectivity index (χ0) is 14.5. The number of hydrogen-bond donors (Lipinski definition) is 1. The maximum Gasteiger partial charge on any atom is 0.119 e. The van der Waals surface area contributed by atoms with Crippen LogP contribution in [0.4, 0.5) is 5.69 Å². The Balaban J connectivity index is 2.21. The molecule has 1 aromatic carbocycles. The maximum absolute atomic E-state index is 5.95. The van der Waals surface area contributed by atoms with Crippen molar-refractivity contribution in [2.24, 2.45) is 5.73 Å². The lowest BCUT2D eigenvalue weighted by atomic mass is 10.1. The molecule has 2 aromatic rings. The van der Waals surface area contributed by atoms with Crippen LogP contribution in [0.5, 0.6) is 5.75 Å². The van der Waals surface area contributed by atoms with Crippen LogP contribution in [0.15, 0.2) is 36.7 Å². The summed E-state index contributed by atoms with van der Waals surface area (Å²) < 4.78 is 7.10. The molecular formula is C15H22N4O. The van der Waals surface area contributed by atoms with Crippen molar-refractivity contribution in [3.8, 4) is 5.75 Å². The number of nitrogens with two attached hydrogens (primary N) is 1. The lowest BCUT2D eigenvalue weighted by Gasteiger charge is -2.28. The maximum atomic E-state index is 5.95. The van der Waals surface area contributed by atoms with Gasteiger partial charge in [0.1, 0.15) is 5.75 Å². The number of methoxy groups -OCH3 is 1. The fourth-order valence-electron chi connectivity index (χ4n) is 2.24. The SMILES string of the molecule is CCn1cc(C(CN)N(C)c2ccc(OC)cc2)cn1. The highest BCUT2D eigenvalue weighted by molar-refractivity contribution is 5.50. The van der Waals surface area contributed by atoms with Crippen LogP contribution < -0.4 is 15.4 Å². The number of aromatic nitrogens is 2. The largest absolute Gasteiger partial charge is 0.497 e. The van der Waals surface area contributed by atoms with E-state index in [1.54, 1.807) is 7.11 Å². The number of ether oxygens (including phenoxy) is 1. The van der Waals surface area contributed by atoms with Crippen LogP contribution in [0.2, 0.25) is 0 Å². The first-order valence-electron chi connectivity index (χ1n) is 6.79. The highest BCUT2D eigenvalue weighted by atomic mass is 16.5. The lowest BCUT2D eigenvalue weighted by molar-refractivity contribution is 0.415. The molecule has 2 N–H and O–H groups in total. The predicted molar refractivity (Wildman–Crippen MR) is 81.1 cm³/mol. The minimum Gasteiger partial charge on any atom is -0.497 e. The monoisotopic (exact) mass is 274 g/mol. The summed E-state index contributed by atoms with van der Waals surface area (Å²) in [5.41, 5.74) is 8.18. The van der Waals surface area contributed by atoms with Gasteiger partial charge >= 0.3 is 0 Å². The Bertz CT molecular complexity index is 535. The Morgan fingerprint density at radius 3 is 2.55 bits per heavy atom. The number of anilines is 1. The first-order chi connectivity index (χ1) is 9.69. The van der Waals surface area contributed by atoms with Gasteiger partial charge in [0.2, 0.25) is 0 Å². The van der Waals surface area contributed by atoms with Crippen LogP contribution in [-0.2, 0) is 6.54 Å². The highest BCUT2D eigenvalue weighted by Crippen LogP contribution is 2.26. The summed E-state index contributed by atoms with van der Waals surface area (Å²) in [6.07, 6.45) is 3.94. The van der Waals surface area contributed by atoms with Crippen LogP contribution in [0.1, 0.15) is 18.5 Å². The molecule has 0 saturated carbocycles. The lowest BCUT2D eigenvalue weighted by Crippen LogP contribution is -2.30. The van der Waals surface area contributed by atoms with Gasteiger partial charge in [-0.15, -0.1) is 0 Å². The number of nitrogens with zero attached hydrogens (tertiary/aromatic N) is 3. The third-order valence-electron chi connectivity index (χ3n) is 3.53. The highest BCUT2D eigenvalue weighted by Gasteiger charge is 2.17. The minimum absolute atomic E-state index is 0.115. The zero-order valence-electron chi connectivity index (χ0n) is 12.3. The average molecular weight is 274 g/mol. The van der Waals surface area contributed by atoms with E-state index in [-0.39, 0.29) is 6.04 Å². The van der Waals surface area contributed by atoms with Crippen LogP contribution in [0.25, 0.3) is 0 Å². The molecule has 0 spiro atoms. The second kappa shape index (κ2) is 6.43. The molecule has 5 nitrogen and oxygen atoms in total. The molecule has 0 amide bonds. The first kappa shape index (κ1) is 14.4. The number of benzene rings is 1. The summed E-state index contributed by atoms with van der Waals surface area (Å²) in [6, 6.07) is 8.09. The molecule has 108 valence electrons. The molecule has 0 fully saturated rings. The van der Waals surface area contributed by atoms with Gasteiger partial charge in [-0.1, -0.05) is 0 Å². The summed E-state index contributed by atoms with van der Waals surface area (Å²) in [5.74, 6) is 0.852. The van der Waals surface area contributed by atoms with E-state index in [1.165, 1.54) is 0 Å². The molecule has 1 heterocycles. The van der Waals surface area contributed by atoms with E-state index in [4.69, 9.17) is 10.5 Å². The van der Waals surface area contributed by atoms with E-state index < -0.39 is 0 Å². The number of likely N-dealkylation sites (N-methyl/N-ethyl adjacent to an activating group) is 1. The van der Waals surface area contributed by atoms with Gasteiger partial charge in [0.15, 0.2) is 0 Å². The first-order valence-corrected chi connectivity index (χ1v) is 6.79. The molecule has 5 heteroatoms. The van der Waals surface area contributed by atoms with E-state index in [2.05, 4.69) is 23.1 Å². The number of hydrogen-bond acceptors (Lipinski definition) is 4. The summed E-state index contributed by atoms with van der Waals surface area (Å²) in [5, 5.41) is 4.32. The van der Waals surface area contributed by atoms with Crippen LogP contribution in [0, 0.1) is 0 Å². The number of rotatable bonds is 6. The molecule has 1 aromatic heterocycles. The molecule has 1 atom stereocenters. The summed E-state index contributed by atoms with van der Waals surface area (Å²) >= 11 is 0. The molecule has 1 unspecified atom stereocenters. The standard InChI is InChI=1S/C15H22N4O/c1-4-19-11-12(10-17-19)15(9-16)18(2)13-5-7-14(20-3)8-6-13/h5-8,10-11,15H,4,9,16H2,1-3H3. The van der Waals surface area contributed by atoms with Crippen molar-refractivity contribution in [2.75, 3.05) is 25.6 Å². The van der Waals surface area contributed by atoms with Gasteiger partial charge < -0.3 is 15.4 Å². The Morgan fingerprint density at radius 2 is 2.05 bits per heavy atom. The average Bonchev–Trinajstić information content (AvgIpc) is 2.96. The summed E-state index contributed by atoms with van der Waals surface area (Å²) in [7, 11) is 3.71. The van der Waals surface area contributed by atoms with Gasteiger partial charge in [0.25, 0.3) is 0 Å². The van der Waals surface area contributed by atoms with E-state index in [0.29, 0.717) is 6.54 Å². The smallest absolute Gasteiger partial charge is 0.119 e. The third-order valence-corrected chi connectivity index (χ3v) is 3.53. The quantitative estimate of drug-likeness (QED) is 0.876. The second-order valence-corrected chi connectivity index (χ2v) is 4.69. The Kier molecular flexibility index (Phi) is 4.63. The Labute approximate surface area is 119 Å². The van der Waals surface area contributed by atoms with Gasteiger partial charge in [-0.25, -0.2) is 0 Å². The molecule has 2 rings (SSSR count). The fourth-order valence-corrected chi connectivity index (χ4v) is 2.24. The van der Waals surface area contributed by atoms with Gasteiger partial charge in [0.05, 0.1) is 19.3 Å². The van der Waals surface area contributed by atoms with E-state index in [9.17, 15) is 0 Å². The second-order valence-electron chi connectivity index (χ2n) is 4.69. The van der Waals surface area contributed by atoms with Crippen molar-refractivity contribution in [1.82, 2.24) is 9.78 Å². The molecule has 20 heavy (non-hydrogen) atoms. The molecule has 0 aliphatic rings. The van der Waals surface area contributed by atoms with E-state index in [0.717, 1.165) is 23.5 Å². The van der Waals surface area contributed by atoms with Crippen molar-refractivity contribution < 1.29 is 4.74 Å². The van der Waals surface area contributed by atoms with Gasteiger partial charge in [-0.2, -0.15) is 5.10 Å².